The second kappa shape index (κ2) is 9.14. The van der Waals surface area contributed by atoms with Crippen molar-refractivity contribution in [2.75, 3.05) is 13.1 Å². The Morgan fingerprint density at radius 2 is 1.81 bits per heavy atom. The summed E-state index contributed by atoms with van der Waals surface area (Å²) in [6.07, 6.45) is 3.97. The molecule has 0 heterocycles. The van der Waals surface area contributed by atoms with Crippen LogP contribution in [0, 0.1) is 11.7 Å². The Hall–Kier alpha value is -0.960. The van der Waals surface area contributed by atoms with Gasteiger partial charge in [-0.1, -0.05) is 58.5 Å². The summed E-state index contributed by atoms with van der Waals surface area (Å²) in [6.45, 7) is 10.4. The largest absolute Gasteiger partial charge is 0.362 e. The van der Waals surface area contributed by atoms with Crippen LogP contribution in [0.4, 0.5) is 4.39 Å². The van der Waals surface area contributed by atoms with Gasteiger partial charge >= 0.3 is 0 Å². The molecule has 0 aliphatic heterocycles. The molecule has 0 radical (unpaired) electrons. The lowest BCUT2D eigenvalue weighted by Gasteiger charge is -2.24. The van der Waals surface area contributed by atoms with Crippen LogP contribution in [0.1, 0.15) is 58.1 Å². The Bertz CT molecular complexity index is 453. The van der Waals surface area contributed by atoms with Crippen molar-refractivity contribution in [3.05, 3.63) is 35.1 Å². The molecular weight excluding hydrogens is 281 g/mol. The molecule has 0 amide bonds. The normalized spacial score (nSPS) is 12.2. The number of benzene rings is 1. The summed E-state index contributed by atoms with van der Waals surface area (Å²) in [5, 5.41) is 0. The van der Waals surface area contributed by atoms with E-state index in [1.807, 2.05) is 12.1 Å². The van der Waals surface area contributed by atoms with Gasteiger partial charge in [-0.3, -0.25) is 0 Å². The van der Waals surface area contributed by atoms with E-state index in [-0.39, 0.29) is 5.82 Å². The molecule has 0 aliphatic rings. The zero-order valence-corrected chi connectivity index (χ0v) is 14.6. The number of hydrogen-bond donors (Lipinski definition) is 0. The van der Waals surface area contributed by atoms with Gasteiger partial charge in [-0.15, -0.1) is 0 Å². The van der Waals surface area contributed by atoms with Gasteiger partial charge < -0.3 is 4.90 Å². The van der Waals surface area contributed by atoms with E-state index in [1.165, 1.54) is 0 Å². The minimum atomic E-state index is -0.122. The summed E-state index contributed by atoms with van der Waals surface area (Å²) in [5.74, 6) is 0.386. The molecule has 1 rings (SSSR count). The first kappa shape index (κ1) is 18.1. The van der Waals surface area contributed by atoms with E-state index in [0.717, 1.165) is 54.9 Å². The smallest absolute Gasteiger partial charge is 0.127 e. The van der Waals surface area contributed by atoms with Crippen LogP contribution in [-0.2, 0) is 6.42 Å². The minimum Gasteiger partial charge on any atom is -0.362 e. The van der Waals surface area contributed by atoms with Gasteiger partial charge in [-0.05, 0) is 36.8 Å². The van der Waals surface area contributed by atoms with Crippen molar-refractivity contribution in [3.8, 4) is 0 Å². The van der Waals surface area contributed by atoms with Crippen LogP contribution >= 0.6 is 12.2 Å². The summed E-state index contributed by atoms with van der Waals surface area (Å²) < 4.78 is 14.3. The van der Waals surface area contributed by atoms with Crippen molar-refractivity contribution in [1.82, 2.24) is 4.90 Å². The summed E-state index contributed by atoms with van der Waals surface area (Å²) in [6, 6.07) is 5.49. The van der Waals surface area contributed by atoms with Crippen molar-refractivity contribution in [2.24, 2.45) is 5.92 Å². The minimum absolute atomic E-state index is 0.122. The molecular formula is C18H28FNS. The van der Waals surface area contributed by atoms with Crippen molar-refractivity contribution >= 4 is 17.2 Å². The lowest BCUT2D eigenvalue weighted by molar-refractivity contribution is 0.424. The SMILES string of the molecule is CCCN(CCC)C(=S)c1ccc(CC(C)CC)c(F)c1. The lowest BCUT2D eigenvalue weighted by atomic mass is 9.97. The van der Waals surface area contributed by atoms with Crippen molar-refractivity contribution < 1.29 is 4.39 Å². The summed E-state index contributed by atoms with van der Waals surface area (Å²) >= 11 is 5.55. The molecule has 1 atom stereocenters. The molecule has 0 saturated carbocycles. The molecule has 1 unspecified atom stereocenters. The van der Waals surface area contributed by atoms with E-state index in [4.69, 9.17) is 12.2 Å². The number of hydrogen-bond acceptors (Lipinski definition) is 1. The van der Waals surface area contributed by atoms with Crippen LogP contribution in [0.3, 0.4) is 0 Å². The van der Waals surface area contributed by atoms with Gasteiger partial charge in [0.05, 0.1) is 0 Å². The average molecular weight is 309 g/mol. The van der Waals surface area contributed by atoms with E-state index in [0.29, 0.717) is 5.92 Å². The highest BCUT2D eigenvalue weighted by Gasteiger charge is 2.13. The number of thiocarbonyl (C=S) groups is 1. The second-order valence-electron chi connectivity index (χ2n) is 5.82. The Balaban J connectivity index is 2.88. The van der Waals surface area contributed by atoms with E-state index in [9.17, 15) is 4.39 Å². The summed E-state index contributed by atoms with van der Waals surface area (Å²) in [4.78, 5) is 2.95. The van der Waals surface area contributed by atoms with Crippen LogP contribution in [0.25, 0.3) is 0 Å². The quantitative estimate of drug-likeness (QED) is 0.606. The lowest BCUT2D eigenvalue weighted by Crippen LogP contribution is -2.31. The third-order valence-electron chi connectivity index (χ3n) is 3.84. The maximum absolute atomic E-state index is 14.3. The molecule has 118 valence electrons. The van der Waals surface area contributed by atoms with Gasteiger partial charge in [0.15, 0.2) is 0 Å². The molecule has 1 nitrogen and oxygen atoms in total. The van der Waals surface area contributed by atoms with Crippen LogP contribution in [0.15, 0.2) is 18.2 Å². The van der Waals surface area contributed by atoms with Crippen LogP contribution in [0.5, 0.6) is 0 Å². The predicted molar refractivity (Wildman–Crippen MR) is 93.4 cm³/mol. The van der Waals surface area contributed by atoms with Gasteiger partial charge in [-0.2, -0.15) is 0 Å². The van der Waals surface area contributed by atoms with Gasteiger partial charge in [0.2, 0.25) is 0 Å². The molecule has 0 fully saturated rings. The number of nitrogens with zero attached hydrogens (tertiary/aromatic N) is 1. The summed E-state index contributed by atoms with van der Waals surface area (Å²) in [5.41, 5.74) is 1.63. The Kier molecular flexibility index (Phi) is 7.87. The highest BCUT2D eigenvalue weighted by Crippen LogP contribution is 2.18. The Labute approximate surface area is 134 Å². The third kappa shape index (κ3) is 5.39. The van der Waals surface area contributed by atoms with Crippen molar-refractivity contribution in [1.29, 1.82) is 0 Å². The number of halogens is 1. The van der Waals surface area contributed by atoms with Crippen molar-refractivity contribution in [2.45, 2.75) is 53.4 Å². The topological polar surface area (TPSA) is 3.24 Å². The maximum atomic E-state index is 14.3. The first-order chi connectivity index (χ1) is 10.0. The molecule has 1 aromatic carbocycles. The Morgan fingerprint density at radius 1 is 1.19 bits per heavy atom. The van der Waals surface area contributed by atoms with Gasteiger partial charge in [0, 0.05) is 18.7 Å². The molecule has 0 spiro atoms. The van der Waals surface area contributed by atoms with Gasteiger partial charge in [0.1, 0.15) is 10.8 Å². The fourth-order valence-corrected chi connectivity index (χ4v) is 2.71. The maximum Gasteiger partial charge on any atom is 0.127 e. The molecule has 0 N–H and O–H groups in total. The average Bonchev–Trinajstić information content (AvgIpc) is 2.48. The zero-order chi connectivity index (χ0) is 15.8. The van der Waals surface area contributed by atoms with E-state index in [2.05, 4.69) is 32.6 Å². The highest BCUT2D eigenvalue weighted by molar-refractivity contribution is 7.80. The predicted octanol–water partition coefficient (Wildman–Crippen LogP) is 5.21. The van der Waals surface area contributed by atoms with Gasteiger partial charge in [0.25, 0.3) is 0 Å². The van der Waals surface area contributed by atoms with E-state index in [1.54, 1.807) is 6.07 Å². The molecule has 0 aromatic heterocycles. The third-order valence-corrected chi connectivity index (χ3v) is 4.33. The summed E-state index contributed by atoms with van der Waals surface area (Å²) in [7, 11) is 0. The molecule has 0 bridgehead atoms. The first-order valence-electron chi connectivity index (χ1n) is 8.11. The fraction of sp³-hybridized carbons (Fsp3) is 0.611. The van der Waals surface area contributed by atoms with E-state index < -0.39 is 0 Å². The van der Waals surface area contributed by atoms with E-state index >= 15 is 0 Å². The monoisotopic (exact) mass is 309 g/mol. The first-order valence-corrected chi connectivity index (χ1v) is 8.51. The second-order valence-corrected chi connectivity index (χ2v) is 6.20. The fourth-order valence-electron chi connectivity index (χ4n) is 2.40. The molecule has 3 heteroatoms. The standard InChI is InChI=1S/C18H28FNS/c1-5-10-20(11-6-2)18(21)16-9-8-15(17(19)13-16)12-14(4)7-3/h8-9,13-14H,5-7,10-12H2,1-4H3. The highest BCUT2D eigenvalue weighted by atomic mass is 32.1. The molecule has 0 saturated heterocycles. The van der Waals surface area contributed by atoms with Crippen LogP contribution < -0.4 is 0 Å². The molecule has 0 aliphatic carbocycles. The number of rotatable bonds is 8. The van der Waals surface area contributed by atoms with Gasteiger partial charge in [-0.25, -0.2) is 4.39 Å². The molecule has 21 heavy (non-hydrogen) atoms. The zero-order valence-electron chi connectivity index (χ0n) is 13.8. The Morgan fingerprint density at radius 3 is 2.29 bits per heavy atom. The van der Waals surface area contributed by atoms with Crippen LogP contribution in [-0.4, -0.2) is 23.0 Å². The van der Waals surface area contributed by atoms with Crippen LogP contribution in [0.2, 0.25) is 0 Å². The van der Waals surface area contributed by atoms with Crippen molar-refractivity contribution in [3.63, 3.8) is 0 Å². The molecule has 1 aromatic rings.